The Morgan fingerprint density at radius 1 is 1.07 bits per heavy atom. The van der Waals surface area contributed by atoms with Gasteiger partial charge in [0.2, 0.25) is 15.6 Å². The van der Waals surface area contributed by atoms with Crippen molar-refractivity contribution in [1.82, 2.24) is 13.9 Å². The SMILES string of the molecule is Cn1c2c(c(=O)n(C)c1=O)[C@@](NS(=O)(=O)c1ccc(Cl)cc1)(C(F)(F)F)C(=O)N2. The van der Waals surface area contributed by atoms with E-state index in [1.165, 1.54) is 4.72 Å². The van der Waals surface area contributed by atoms with Crippen LogP contribution in [-0.4, -0.2) is 29.6 Å². The van der Waals surface area contributed by atoms with E-state index >= 15 is 0 Å². The van der Waals surface area contributed by atoms with Gasteiger partial charge in [-0.15, -0.1) is 0 Å². The van der Waals surface area contributed by atoms with Crippen LogP contribution in [0.2, 0.25) is 5.02 Å². The molecule has 9 nitrogen and oxygen atoms in total. The molecule has 3 rings (SSSR count). The Balaban J connectivity index is 2.35. The molecule has 0 saturated heterocycles. The Bertz CT molecular complexity index is 1250. The van der Waals surface area contributed by atoms with Crippen molar-refractivity contribution in [2.24, 2.45) is 14.1 Å². The van der Waals surface area contributed by atoms with Gasteiger partial charge in [-0.2, -0.15) is 17.9 Å². The van der Waals surface area contributed by atoms with E-state index < -0.39 is 55.2 Å². The minimum Gasteiger partial charge on any atom is -0.309 e. The van der Waals surface area contributed by atoms with Gasteiger partial charge in [0.25, 0.3) is 11.5 Å². The Hall–Kier alpha value is -2.64. The highest BCUT2D eigenvalue weighted by Gasteiger charge is 2.69. The molecule has 2 heterocycles. The average Bonchev–Trinajstić information content (AvgIpc) is 2.91. The minimum atomic E-state index is -5.56. The molecule has 1 amide bonds. The summed E-state index contributed by atoms with van der Waals surface area (Å²) in [6.45, 7) is 0. The zero-order valence-electron chi connectivity index (χ0n) is 14.7. The molecule has 0 fully saturated rings. The number of sulfonamides is 1. The second kappa shape index (κ2) is 6.43. The van der Waals surface area contributed by atoms with Crippen LogP contribution in [0.25, 0.3) is 0 Å². The van der Waals surface area contributed by atoms with E-state index in [2.05, 4.69) is 0 Å². The number of halogens is 4. The van der Waals surface area contributed by atoms with Crippen LogP contribution < -0.4 is 21.3 Å². The number of carbonyl (C=O) groups excluding carboxylic acids is 1. The molecule has 156 valence electrons. The number of nitrogens with one attached hydrogen (secondary N) is 2. The number of benzene rings is 1. The van der Waals surface area contributed by atoms with E-state index in [1.54, 1.807) is 5.32 Å². The summed E-state index contributed by atoms with van der Waals surface area (Å²) in [5.74, 6) is -2.62. The smallest absolute Gasteiger partial charge is 0.309 e. The van der Waals surface area contributed by atoms with Gasteiger partial charge in [-0.1, -0.05) is 11.6 Å². The first-order valence-corrected chi connectivity index (χ1v) is 9.58. The second-order valence-corrected chi connectivity index (χ2v) is 8.31. The number of fused-ring (bicyclic) bond motifs is 1. The normalized spacial score (nSPS) is 19.2. The third-order valence-electron chi connectivity index (χ3n) is 4.45. The van der Waals surface area contributed by atoms with Crippen molar-refractivity contribution in [3.05, 3.63) is 55.7 Å². The standard InChI is InChI=1S/C15H12ClF3N4O5S/c1-22-10-9(11(24)23(2)13(22)26)14(12(25)20-10,15(17,18)19)21-29(27,28)8-5-3-7(16)4-6-8/h3-6,21H,1-2H3,(H,20,25)/t14-/m0/s1. The summed E-state index contributed by atoms with van der Waals surface area (Å²) < 4.78 is 70.0. The van der Waals surface area contributed by atoms with E-state index in [-0.39, 0.29) is 5.02 Å². The number of anilines is 1. The Labute approximate surface area is 165 Å². The van der Waals surface area contributed by atoms with E-state index in [9.17, 15) is 36.0 Å². The van der Waals surface area contributed by atoms with Crippen LogP contribution >= 0.6 is 11.6 Å². The molecule has 1 atom stereocenters. The maximum absolute atomic E-state index is 14.2. The van der Waals surface area contributed by atoms with Gasteiger partial charge in [0, 0.05) is 19.1 Å². The molecular weight excluding hydrogens is 441 g/mol. The molecule has 0 unspecified atom stereocenters. The summed E-state index contributed by atoms with van der Waals surface area (Å²) in [7, 11) is -3.02. The first-order chi connectivity index (χ1) is 13.2. The van der Waals surface area contributed by atoms with Crippen molar-refractivity contribution in [2.75, 3.05) is 5.32 Å². The summed E-state index contributed by atoms with van der Waals surface area (Å²) in [6.07, 6.45) is -5.56. The van der Waals surface area contributed by atoms with Gasteiger partial charge in [0.1, 0.15) is 5.82 Å². The highest BCUT2D eigenvalue weighted by atomic mass is 35.5. The van der Waals surface area contributed by atoms with Gasteiger partial charge in [-0.25, -0.2) is 13.2 Å². The summed E-state index contributed by atoms with van der Waals surface area (Å²) in [5.41, 5.74) is -7.68. The zero-order valence-corrected chi connectivity index (χ0v) is 16.2. The van der Waals surface area contributed by atoms with Crippen molar-refractivity contribution in [3.63, 3.8) is 0 Å². The van der Waals surface area contributed by atoms with E-state index in [0.717, 1.165) is 38.4 Å². The third-order valence-corrected chi connectivity index (χ3v) is 6.17. The molecule has 0 spiro atoms. The van der Waals surface area contributed by atoms with E-state index in [0.29, 0.717) is 9.13 Å². The predicted molar refractivity (Wildman–Crippen MR) is 95.1 cm³/mol. The molecule has 1 aromatic carbocycles. The Morgan fingerprint density at radius 3 is 2.14 bits per heavy atom. The Morgan fingerprint density at radius 2 is 1.62 bits per heavy atom. The zero-order chi connectivity index (χ0) is 21.9. The van der Waals surface area contributed by atoms with Crippen LogP contribution in [-0.2, 0) is 34.5 Å². The van der Waals surface area contributed by atoms with Crippen LogP contribution in [0.3, 0.4) is 0 Å². The van der Waals surface area contributed by atoms with Gasteiger partial charge in [-0.3, -0.25) is 18.7 Å². The van der Waals surface area contributed by atoms with E-state index in [1.807, 2.05) is 0 Å². The number of hydrogen-bond donors (Lipinski definition) is 2. The highest BCUT2D eigenvalue weighted by molar-refractivity contribution is 7.89. The molecule has 1 aliphatic rings. The number of rotatable bonds is 3. The lowest BCUT2D eigenvalue weighted by Gasteiger charge is -2.30. The molecule has 14 heteroatoms. The molecular formula is C15H12ClF3N4O5S. The van der Waals surface area contributed by atoms with E-state index in [4.69, 9.17) is 11.6 Å². The van der Waals surface area contributed by atoms with Crippen molar-refractivity contribution >= 4 is 33.3 Å². The molecule has 0 aliphatic carbocycles. The molecule has 0 bridgehead atoms. The number of aromatic nitrogens is 2. The largest absolute Gasteiger partial charge is 0.421 e. The molecule has 2 aromatic rings. The summed E-state index contributed by atoms with van der Waals surface area (Å²) >= 11 is 5.66. The predicted octanol–water partition coefficient (Wildman–Crippen LogP) is 0.426. The molecule has 1 aliphatic heterocycles. The second-order valence-electron chi connectivity index (χ2n) is 6.19. The summed E-state index contributed by atoms with van der Waals surface area (Å²) in [5, 5.41) is 1.92. The van der Waals surface area contributed by atoms with Crippen LogP contribution in [0.5, 0.6) is 0 Å². The quantitative estimate of drug-likeness (QED) is 0.699. The lowest BCUT2D eigenvalue weighted by atomic mass is 9.93. The number of nitrogens with zero attached hydrogens (tertiary/aromatic N) is 2. The van der Waals surface area contributed by atoms with Gasteiger partial charge in [0.05, 0.1) is 10.5 Å². The van der Waals surface area contributed by atoms with Crippen molar-refractivity contribution in [3.8, 4) is 0 Å². The number of alkyl halides is 3. The lowest BCUT2D eigenvalue weighted by Crippen LogP contribution is -2.62. The molecule has 29 heavy (non-hydrogen) atoms. The minimum absolute atomic E-state index is 0.127. The van der Waals surface area contributed by atoms with Crippen molar-refractivity contribution < 1.29 is 26.4 Å². The maximum Gasteiger partial charge on any atom is 0.421 e. The summed E-state index contributed by atoms with van der Waals surface area (Å²) in [6, 6.07) is 4.12. The molecule has 0 radical (unpaired) electrons. The summed E-state index contributed by atoms with van der Waals surface area (Å²) in [4.78, 5) is 36.3. The number of carbonyl (C=O) groups is 1. The monoisotopic (exact) mass is 452 g/mol. The highest BCUT2D eigenvalue weighted by Crippen LogP contribution is 2.45. The molecule has 1 aromatic heterocycles. The van der Waals surface area contributed by atoms with Crippen molar-refractivity contribution in [1.29, 1.82) is 0 Å². The lowest BCUT2D eigenvalue weighted by molar-refractivity contribution is -0.194. The van der Waals surface area contributed by atoms with Gasteiger partial charge >= 0.3 is 11.9 Å². The van der Waals surface area contributed by atoms with Crippen LogP contribution in [0.15, 0.2) is 38.8 Å². The first-order valence-electron chi connectivity index (χ1n) is 7.72. The van der Waals surface area contributed by atoms with Gasteiger partial charge in [-0.05, 0) is 24.3 Å². The van der Waals surface area contributed by atoms with Gasteiger partial charge < -0.3 is 5.32 Å². The third kappa shape index (κ3) is 2.96. The Kier molecular flexibility index (Phi) is 4.68. The fourth-order valence-electron chi connectivity index (χ4n) is 2.94. The fraction of sp³-hybridized carbons (Fsp3) is 0.267. The molecule has 0 saturated carbocycles. The van der Waals surface area contributed by atoms with Crippen LogP contribution in [0.4, 0.5) is 19.0 Å². The maximum atomic E-state index is 14.2. The average molecular weight is 453 g/mol. The van der Waals surface area contributed by atoms with Gasteiger partial charge in [0.15, 0.2) is 0 Å². The fourth-order valence-corrected chi connectivity index (χ4v) is 4.40. The number of amides is 1. The topological polar surface area (TPSA) is 119 Å². The number of hydrogen-bond acceptors (Lipinski definition) is 5. The van der Waals surface area contributed by atoms with Crippen LogP contribution in [0, 0.1) is 0 Å². The first kappa shape index (κ1) is 21.1. The molecule has 2 N–H and O–H groups in total. The van der Waals surface area contributed by atoms with Crippen LogP contribution in [0.1, 0.15) is 5.56 Å². The van der Waals surface area contributed by atoms with Crippen molar-refractivity contribution in [2.45, 2.75) is 16.6 Å².